The van der Waals surface area contributed by atoms with E-state index >= 15 is 0 Å². The van der Waals surface area contributed by atoms with Gasteiger partial charge < -0.3 is 30.7 Å². The minimum Gasteiger partial charge on any atom is -0.481 e. The summed E-state index contributed by atoms with van der Waals surface area (Å²) in [6.07, 6.45) is 14.5. The van der Waals surface area contributed by atoms with Crippen LogP contribution < -0.4 is 20.9 Å². The molecule has 406 valence electrons. The number of unbranched alkanes of at least 4 members (excludes halogenated alkanes) is 7. The van der Waals surface area contributed by atoms with Crippen LogP contribution in [-0.4, -0.2) is 127 Å². The summed E-state index contributed by atoms with van der Waals surface area (Å²) in [5.41, 5.74) is 4.88. The number of anilines is 6. The van der Waals surface area contributed by atoms with Gasteiger partial charge in [0.25, 0.3) is 0 Å². The van der Waals surface area contributed by atoms with E-state index < -0.39 is 31.1 Å². The van der Waals surface area contributed by atoms with Crippen molar-refractivity contribution < 1.29 is 36.3 Å². The zero-order chi connectivity index (χ0) is 53.8. The molecule has 0 spiro atoms. The zero-order valence-corrected chi connectivity index (χ0v) is 45.8. The third-order valence-corrected chi connectivity index (χ3v) is 18.6. The summed E-state index contributed by atoms with van der Waals surface area (Å²) in [5.74, 6) is -0.546. The number of halogens is 1. The Labute approximate surface area is 451 Å². The van der Waals surface area contributed by atoms with Gasteiger partial charge in [0.05, 0.1) is 51.2 Å². The van der Waals surface area contributed by atoms with Crippen LogP contribution in [0.5, 0.6) is 0 Å². The molecular formula is C55H69ClN10O8S2. The third kappa shape index (κ3) is 14.2. The van der Waals surface area contributed by atoms with Gasteiger partial charge in [-0.1, -0.05) is 68.3 Å². The van der Waals surface area contributed by atoms with E-state index in [9.17, 15) is 31.5 Å². The van der Waals surface area contributed by atoms with Crippen molar-refractivity contribution in [3.8, 4) is 11.1 Å². The number of piperazine rings is 1. The Bertz CT molecular complexity index is 3180. The molecule has 3 aromatic carbocycles. The average molecular weight is 1100 g/mol. The number of para-hydroxylation sites is 1. The highest BCUT2D eigenvalue weighted by Gasteiger charge is 2.32. The molecule has 21 heteroatoms. The zero-order valence-electron chi connectivity index (χ0n) is 43.5. The maximum atomic E-state index is 14.3. The molecule has 76 heavy (non-hydrogen) atoms. The second-order valence-corrected chi connectivity index (χ2v) is 24.6. The monoisotopic (exact) mass is 1100 g/mol. The molecule has 0 unspecified atom stereocenters. The lowest BCUT2D eigenvalue weighted by atomic mass is 10.0. The summed E-state index contributed by atoms with van der Waals surface area (Å²) in [6.45, 7) is 8.90. The van der Waals surface area contributed by atoms with Crippen LogP contribution in [0, 0.1) is 0 Å². The fraction of sp³-hybridized carbons (Fsp3) is 0.436. The number of sulfonamides is 1. The second kappa shape index (κ2) is 25.8. The van der Waals surface area contributed by atoms with Gasteiger partial charge in [-0.25, -0.2) is 26.3 Å². The molecule has 4 N–H and O–H groups in total. The second-order valence-electron chi connectivity index (χ2n) is 19.8. The number of aliphatic carboxylic acids is 1. The Morgan fingerprint density at radius 2 is 1.47 bits per heavy atom. The molecule has 3 aromatic heterocycles. The van der Waals surface area contributed by atoms with Gasteiger partial charge in [0, 0.05) is 87.2 Å². The molecule has 2 fully saturated rings. The van der Waals surface area contributed by atoms with Crippen LogP contribution in [0.1, 0.15) is 90.0 Å². The van der Waals surface area contributed by atoms with Gasteiger partial charge in [-0.05, 0) is 112 Å². The van der Waals surface area contributed by atoms with Gasteiger partial charge in [0.2, 0.25) is 21.9 Å². The van der Waals surface area contributed by atoms with Crippen LogP contribution in [-0.2, 0) is 40.6 Å². The summed E-state index contributed by atoms with van der Waals surface area (Å²) < 4.78 is 63.1. The molecule has 18 nitrogen and oxygen atoms in total. The smallest absolute Gasteiger partial charge is 0.307 e. The number of carbonyl (C=O) groups excluding carboxylic acids is 1. The number of sulfone groups is 1. The molecule has 0 bridgehead atoms. The van der Waals surface area contributed by atoms with E-state index in [1.165, 1.54) is 35.6 Å². The van der Waals surface area contributed by atoms with E-state index in [0.29, 0.717) is 77.7 Å². The van der Waals surface area contributed by atoms with Gasteiger partial charge in [-0.15, -0.1) is 0 Å². The normalized spacial score (nSPS) is 15.1. The quantitative estimate of drug-likeness (QED) is 0.0392. The van der Waals surface area contributed by atoms with Crippen LogP contribution in [0.2, 0.25) is 5.02 Å². The molecule has 5 heterocycles. The number of amides is 1. The van der Waals surface area contributed by atoms with Crippen molar-refractivity contribution in [1.82, 2.24) is 28.8 Å². The highest BCUT2D eigenvalue weighted by Crippen LogP contribution is 2.35. The van der Waals surface area contributed by atoms with E-state index in [1.54, 1.807) is 80.2 Å². The molecule has 8 rings (SSSR count). The first kappa shape index (κ1) is 56.1. The fourth-order valence-corrected chi connectivity index (χ4v) is 12.8. The van der Waals surface area contributed by atoms with E-state index in [4.69, 9.17) is 16.3 Å². The number of nitrogens with one attached hydrogen (secondary N) is 3. The number of piperidine rings is 1. The van der Waals surface area contributed by atoms with Crippen LogP contribution >= 0.6 is 11.6 Å². The molecule has 6 aromatic rings. The van der Waals surface area contributed by atoms with Gasteiger partial charge in [0.1, 0.15) is 5.02 Å². The molecule has 2 aliphatic rings. The third-order valence-electron chi connectivity index (χ3n) is 14.2. The lowest BCUT2D eigenvalue weighted by molar-refractivity contribution is -0.136. The fourth-order valence-electron chi connectivity index (χ4n) is 9.73. The molecule has 0 saturated carbocycles. The number of carboxylic acids is 1. The standard InChI is InChI=1S/C55H69ClN10O8S2/c1-39(2)75(70,71)50-15-12-11-14-48(50)61-54-47(56)38-57-55(62-54)60-42-17-20-44(21-18-42)64-32-30-63(31-33-64)26-13-9-7-5-4-6-8-10-16-52(67)59-43-19-22-46(40-23-29-66-49(34-40)41(37-58-66)35-53(68)69)51(36-43)76(72,73)65-27-24-45(74-3)25-28-65/h11-12,14-15,17-23,29,34,36-39,45H,4-10,13,16,24-28,30-33,35H2,1-3H3,(H,59,67)(H,68,69)(H2,57,60,61,62). The molecule has 0 radical (unpaired) electrons. The molecule has 0 atom stereocenters. The van der Waals surface area contributed by atoms with Crippen molar-refractivity contribution in [3.05, 3.63) is 108 Å². The summed E-state index contributed by atoms with van der Waals surface area (Å²) in [7, 11) is -5.90. The van der Waals surface area contributed by atoms with Crippen molar-refractivity contribution in [2.75, 3.05) is 73.8 Å². The summed E-state index contributed by atoms with van der Waals surface area (Å²) in [6, 6.07) is 23.3. The molecule has 1 amide bonds. The van der Waals surface area contributed by atoms with E-state index in [2.05, 4.69) is 52.9 Å². The van der Waals surface area contributed by atoms with Crippen LogP contribution in [0.15, 0.2) is 107 Å². The molecule has 2 aliphatic heterocycles. The Morgan fingerprint density at radius 3 is 2.17 bits per heavy atom. The Morgan fingerprint density at radius 1 is 0.789 bits per heavy atom. The number of rotatable bonds is 25. The van der Waals surface area contributed by atoms with Gasteiger partial charge in [0.15, 0.2) is 15.7 Å². The van der Waals surface area contributed by atoms with Gasteiger partial charge in [-0.2, -0.15) is 14.4 Å². The SMILES string of the molecule is COC1CCN(S(=O)(=O)c2cc(NC(=O)CCCCCCCCCCN3CCN(c4ccc(Nc5ncc(Cl)c(Nc6ccccc6S(=O)(=O)C(C)C)n5)cc4)CC3)ccc2-c2ccn3ncc(CC(=O)O)c3c2)CC1. The van der Waals surface area contributed by atoms with Crippen molar-refractivity contribution in [3.63, 3.8) is 0 Å². The summed E-state index contributed by atoms with van der Waals surface area (Å²) >= 11 is 6.44. The summed E-state index contributed by atoms with van der Waals surface area (Å²) in [5, 5.41) is 22.7. The topological polar surface area (TPSA) is 221 Å². The maximum absolute atomic E-state index is 14.3. The predicted molar refractivity (Wildman–Crippen MR) is 298 cm³/mol. The van der Waals surface area contributed by atoms with Crippen LogP contribution in [0.4, 0.5) is 34.5 Å². The van der Waals surface area contributed by atoms with Crippen LogP contribution in [0.25, 0.3) is 16.6 Å². The number of nitrogens with zero attached hydrogens (tertiary/aromatic N) is 7. The molecule has 0 aliphatic carbocycles. The number of benzene rings is 3. The minimum absolute atomic E-state index is 0.0106. The van der Waals surface area contributed by atoms with Crippen molar-refractivity contribution in [2.24, 2.45) is 0 Å². The summed E-state index contributed by atoms with van der Waals surface area (Å²) in [4.78, 5) is 38.8. The minimum atomic E-state index is -3.98. The first-order valence-electron chi connectivity index (χ1n) is 26.2. The number of ether oxygens (including phenoxy) is 1. The van der Waals surface area contributed by atoms with Gasteiger partial charge >= 0.3 is 5.97 Å². The lowest BCUT2D eigenvalue weighted by Crippen LogP contribution is -2.46. The highest BCUT2D eigenvalue weighted by atomic mass is 35.5. The van der Waals surface area contributed by atoms with E-state index in [1.807, 2.05) is 12.1 Å². The van der Waals surface area contributed by atoms with Crippen molar-refractivity contribution in [1.29, 1.82) is 0 Å². The largest absolute Gasteiger partial charge is 0.481 e. The molecule has 2 saturated heterocycles. The average Bonchev–Trinajstić information content (AvgIpc) is 3.82. The number of carboxylic acid groups (broad SMARTS) is 1. The predicted octanol–water partition coefficient (Wildman–Crippen LogP) is 9.81. The number of hydrogen-bond donors (Lipinski definition) is 4. The van der Waals surface area contributed by atoms with Crippen LogP contribution in [0.3, 0.4) is 0 Å². The first-order valence-corrected chi connectivity index (χ1v) is 29.6. The number of methoxy groups -OCH3 is 1. The van der Waals surface area contributed by atoms with E-state index in [0.717, 1.165) is 82.6 Å². The van der Waals surface area contributed by atoms with Crippen molar-refractivity contribution >= 4 is 83.4 Å². The number of fused-ring (bicyclic) bond motifs is 1. The number of aromatic nitrogens is 4. The number of carbonyl (C=O) groups is 2. The Hall–Kier alpha value is -6.16. The lowest BCUT2D eigenvalue weighted by Gasteiger charge is -2.36. The highest BCUT2D eigenvalue weighted by molar-refractivity contribution is 7.92. The van der Waals surface area contributed by atoms with Gasteiger partial charge in [-0.3, -0.25) is 14.5 Å². The number of pyridine rings is 1. The Balaban J connectivity index is 0.725. The van der Waals surface area contributed by atoms with Crippen molar-refractivity contribution in [2.45, 2.75) is 112 Å². The Kier molecular flexibility index (Phi) is 19.0. The maximum Gasteiger partial charge on any atom is 0.307 e. The molecular weight excluding hydrogens is 1030 g/mol. The first-order chi connectivity index (χ1) is 36.6. The van der Waals surface area contributed by atoms with E-state index in [-0.39, 0.29) is 33.2 Å². The number of hydrogen-bond acceptors (Lipinski definition) is 14.